The van der Waals surface area contributed by atoms with Gasteiger partial charge in [-0.2, -0.15) is 0 Å². The van der Waals surface area contributed by atoms with Crippen LogP contribution in [0.1, 0.15) is 11.1 Å². The van der Waals surface area contributed by atoms with Crippen LogP contribution in [-0.4, -0.2) is 34.8 Å². The second kappa shape index (κ2) is 12.5. The van der Waals surface area contributed by atoms with Crippen LogP contribution in [0.15, 0.2) is 148 Å². The lowest BCUT2D eigenvalue weighted by Crippen LogP contribution is -2.21. The number of carbonyl (C=O) groups is 1. The van der Waals surface area contributed by atoms with Crippen molar-refractivity contribution in [1.82, 2.24) is 18.7 Å². The molecule has 2 heterocycles. The predicted molar refractivity (Wildman–Crippen MR) is 176 cm³/mol. The molecule has 10 nitrogen and oxygen atoms in total. The molecule has 0 aliphatic carbocycles. The molecule has 0 fully saturated rings. The summed E-state index contributed by atoms with van der Waals surface area (Å²) in [5, 5.41) is 22.5. The standard InChI is InChI=1S/C36H27N5O5/c37-32(42)25(21-23-30-33(43)38(26-13-5-1-6-14-26)39(34(30)44)27-15-7-2-8-16-27)22-24-31-35(45)40(28-17-9-3-10-18-28)41(36(31)46)29-19-11-4-12-20-29/h1-21,23-24,43,45H,(H2,37,42). The number of aromatic hydroxyl groups is 2. The summed E-state index contributed by atoms with van der Waals surface area (Å²) < 4.78 is 5.32. The van der Waals surface area contributed by atoms with E-state index in [9.17, 15) is 24.6 Å². The summed E-state index contributed by atoms with van der Waals surface area (Å²) >= 11 is 0. The van der Waals surface area contributed by atoms with Crippen LogP contribution in [0.4, 0.5) is 0 Å². The third-order valence-corrected chi connectivity index (χ3v) is 7.19. The Morgan fingerprint density at radius 2 is 0.913 bits per heavy atom. The lowest BCUT2D eigenvalue weighted by atomic mass is 10.2. The Morgan fingerprint density at radius 1 is 0.565 bits per heavy atom. The topological polar surface area (TPSA) is 137 Å². The molecule has 0 aliphatic heterocycles. The first-order chi connectivity index (χ1) is 22.4. The van der Waals surface area contributed by atoms with Gasteiger partial charge in [0.2, 0.25) is 11.8 Å². The normalized spacial score (nSPS) is 11.0. The molecule has 1 amide bonds. The monoisotopic (exact) mass is 609 g/mol. The molecule has 0 aliphatic rings. The first kappa shape index (κ1) is 29.3. The van der Waals surface area contributed by atoms with Crippen molar-refractivity contribution >= 4 is 18.1 Å². The molecule has 226 valence electrons. The summed E-state index contributed by atoms with van der Waals surface area (Å²) in [4.78, 5) is 39.7. The summed E-state index contributed by atoms with van der Waals surface area (Å²) in [5.74, 6) is -1.67. The molecular weight excluding hydrogens is 582 g/mol. The third kappa shape index (κ3) is 5.39. The first-order valence-corrected chi connectivity index (χ1v) is 14.2. The van der Waals surface area contributed by atoms with Gasteiger partial charge in [-0.1, -0.05) is 72.8 Å². The zero-order chi connectivity index (χ0) is 32.2. The molecule has 46 heavy (non-hydrogen) atoms. The number of carbonyl (C=O) groups excluding carboxylic acids is 1. The minimum Gasteiger partial charge on any atom is -0.493 e. The van der Waals surface area contributed by atoms with E-state index in [4.69, 9.17) is 5.73 Å². The number of rotatable bonds is 8. The van der Waals surface area contributed by atoms with E-state index >= 15 is 0 Å². The van der Waals surface area contributed by atoms with Crippen LogP contribution in [0, 0.1) is 0 Å². The molecule has 0 saturated carbocycles. The Kier molecular flexibility index (Phi) is 7.93. The van der Waals surface area contributed by atoms with Crippen LogP contribution in [0.5, 0.6) is 11.8 Å². The van der Waals surface area contributed by atoms with Gasteiger partial charge in [0.1, 0.15) is 11.1 Å². The Morgan fingerprint density at radius 3 is 1.30 bits per heavy atom. The molecule has 6 rings (SSSR count). The summed E-state index contributed by atoms with van der Waals surface area (Å²) in [6, 6.07) is 35.2. The van der Waals surface area contributed by atoms with Crippen molar-refractivity contribution in [2.75, 3.05) is 0 Å². The maximum atomic E-state index is 13.6. The molecule has 4 N–H and O–H groups in total. The molecule has 0 unspecified atom stereocenters. The van der Waals surface area contributed by atoms with Crippen LogP contribution in [0.25, 0.3) is 34.9 Å². The number of aromatic nitrogens is 4. The minimum atomic E-state index is -0.914. The van der Waals surface area contributed by atoms with E-state index in [1.54, 1.807) is 103 Å². The first-order valence-electron chi connectivity index (χ1n) is 14.2. The zero-order valence-electron chi connectivity index (χ0n) is 24.3. The number of benzene rings is 4. The highest BCUT2D eigenvalue weighted by molar-refractivity contribution is 5.96. The summed E-state index contributed by atoms with van der Waals surface area (Å²) in [6.07, 6.45) is 3.65. The summed E-state index contributed by atoms with van der Waals surface area (Å²) in [6.45, 7) is 0. The van der Waals surface area contributed by atoms with Gasteiger partial charge in [-0.25, -0.2) is 18.7 Å². The fraction of sp³-hybridized carbons (Fsp3) is 0. The number of para-hydroxylation sites is 4. The van der Waals surface area contributed by atoms with Crippen molar-refractivity contribution in [2.24, 2.45) is 5.73 Å². The molecule has 10 heteroatoms. The largest absolute Gasteiger partial charge is 0.493 e. The predicted octanol–water partition coefficient (Wildman–Crippen LogP) is 4.72. The smallest absolute Gasteiger partial charge is 0.283 e. The molecular formula is C36H27N5O5. The van der Waals surface area contributed by atoms with Crippen molar-refractivity contribution in [3.63, 3.8) is 0 Å². The van der Waals surface area contributed by atoms with Gasteiger partial charge in [0.15, 0.2) is 0 Å². The highest BCUT2D eigenvalue weighted by atomic mass is 16.3. The van der Waals surface area contributed by atoms with Crippen LogP contribution < -0.4 is 16.9 Å². The number of nitrogens with two attached hydrogens (primary N) is 1. The lowest BCUT2D eigenvalue weighted by molar-refractivity contribution is -0.114. The van der Waals surface area contributed by atoms with Crippen molar-refractivity contribution in [1.29, 1.82) is 0 Å². The average Bonchev–Trinajstić information content (AvgIpc) is 3.49. The van der Waals surface area contributed by atoms with Crippen molar-refractivity contribution in [3.8, 4) is 34.5 Å². The summed E-state index contributed by atoms with van der Waals surface area (Å²) in [7, 11) is 0. The maximum Gasteiger partial charge on any atom is 0.283 e. The van der Waals surface area contributed by atoms with Gasteiger partial charge in [0.05, 0.1) is 28.3 Å². The molecule has 0 spiro atoms. The van der Waals surface area contributed by atoms with Crippen LogP contribution in [0.2, 0.25) is 0 Å². The van der Waals surface area contributed by atoms with Crippen LogP contribution in [0.3, 0.4) is 0 Å². The number of nitrogens with zero attached hydrogens (tertiary/aromatic N) is 4. The third-order valence-electron chi connectivity index (χ3n) is 7.19. The molecule has 0 bridgehead atoms. The zero-order valence-corrected chi connectivity index (χ0v) is 24.3. The molecule has 0 saturated heterocycles. The van der Waals surface area contributed by atoms with Gasteiger partial charge in [0.25, 0.3) is 17.0 Å². The van der Waals surface area contributed by atoms with Gasteiger partial charge in [-0.15, -0.1) is 5.73 Å². The number of hydrogen-bond acceptors (Lipinski definition) is 5. The van der Waals surface area contributed by atoms with Crippen LogP contribution >= 0.6 is 0 Å². The van der Waals surface area contributed by atoms with E-state index in [1.807, 2.05) is 18.2 Å². The molecule has 0 radical (unpaired) electrons. The highest BCUT2D eigenvalue weighted by Gasteiger charge is 2.22. The van der Waals surface area contributed by atoms with Gasteiger partial charge in [-0.3, -0.25) is 14.4 Å². The van der Waals surface area contributed by atoms with Crippen molar-refractivity contribution in [3.05, 3.63) is 171 Å². The SMILES string of the molecule is NC(=O)C(=C=Cc1c(O)n(-c2ccccc2)n(-c2ccccc2)c1=O)C=Cc1c(O)n(-c2ccccc2)n(-c2ccccc2)c1=O. The fourth-order valence-corrected chi connectivity index (χ4v) is 5.03. The summed E-state index contributed by atoms with van der Waals surface area (Å²) in [5.41, 5.74) is 8.79. The van der Waals surface area contributed by atoms with E-state index in [0.717, 1.165) is 6.08 Å². The van der Waals surface area contributed by atoms with Crippen molar-refractivity contribution < 1.29 is 15.0 Å². The van der Waals surface area contributed by atoms with Gasteiger partial charge < -0.3 is 15.9 Å². The Balaban J connectivity index is 1.49. The number of hydrogen-bond donors (Lipinski definition) is 3. The Labute approximate surface area is 262 Å². The van der Waals surface area contributed by atoms with E-state index in [-0.39, 0.29) is 28.5 Å². The van der Waals surface area contributed by atoms with E-state index < -0.39 is 17.0 Å². The average molecular weight is 610 g/mol. The number of primary amides is 1. The Hall–Kier alpha value is -6.77. The van der Waals surface area contributed by atoms with E-state index in [0.29, 0.717) is 22.7 Å². The van der Waals surface area contributed by atoms with E-state index in [2.05, 4.69) is 5.73 Å². The number of amides is 1. The molecule has 2 aromatic heterocycles. The molecule has 0 atom stereocenters. The minimum absolute atomic E-state index is 0.113. The van der Waals surface area contributed by atoms with E-state index in [1.165, 1.54) is 30.9 Å². The lowest BCUT2D eigenvalue weighted by Gasteiger charge is -2.12. The van der Waals surface area contributed by atoms with Gasteiger partial charge in [-0.05, 0) is 66.8 Å². The molecule has 4 aromatic carbocycles. The maximum absolute atomic E-state index is 13.6. The van der Waals surface area contributed by atoms with Gasteiger partial charge in [0, 0.05) is 0 Å². The second-order valence-corrected chi connectivity index (χ2v) is 10.1. The molecule has 6 aromatic rings. The quantitative estimate of drug-likeness (QED) is 0.130. The van der Waals surface area contributed by atoms with Crippen LogP contribution in [-0.2, 0) is 4.79 Å². The van der Waals surface area contributed by atoms with Crippen molar-refractivity contribution in [2.45, 2.75) is 0 Å². The second-order valence-electron chi connectivity index (χ2n) is 10.1. The highest BCUT2D eigenvalue weighted by Crippen LogP contribution is 2.26. The fourth-order valence-electron chi connectivity index (χ4n) is 5.03. The van der Waals surface area contributed by atoms with Gasteiger partial charge >= 0.3 is 0 Å². The Bertz CT molecular complexity index is 2250.